The zero-order valence-corrected chi connectivity index (χ0v) is 15.4. The van der Waals surface area contributed by atoms with E-state index >= 15 is 0 Å². The summed E-state index contributed by atoms with van der Waals surface area (Å²) in [4.78, 5) is 35.9. The second-order valence-corrected chi connectivity index (χ2v) is 6.08. The van der Waals surface area contributed by atoms with Crippen molar-refractivity contribution in [2.45, 2.75) is 13.3 Å². The summed E-state index contributed by atoms with van der Waals surface area (Å²) in [6.07, 6.45) is 0.0205. The standard InChI is InChI=1S/C18H17ClN4O4/c1-12(10-17(24)22(2)14-6-4-3-5-7-14)20-21-18(25)13-8-9-16(23(26)27)15(19)11-13/h3-9,11H,10H2,1-2H3,(H,21,25). The number of anilines is 1. The summed E-state index contributed by atoms with van der Waals surface area (Å²) in [7, 11) is 1.66. The Morgan fingerprint density at radius 1 is 1.22 bits per heavy atom. The molecule has 2 amide bonds. The minimum absolute atomic E-state index is 0.0205. The molecule has 0 fully saturated rings. The van der Waals surface area contributed by atoms with Gasteiger partial charge in [0.25, 0.3) is 11.6 Å². The highest BCUT2D eigenvalue weighted by Gasteiger charge is 2.16. The van der Waals surface area contributed by atoms with Crippen LogP contribution in [-0.4, -0.2) is 29.5 Å². The molecule has 0 unspecified atom stereocenters. The number of para-hydroxylation sites is 1. The molecule has 1 N–H and O–H groups in total. The first-order valence-corrected chi connectivity index (χ1v) is 8.26. The molecule has 0 aliphatic rings. The molecule has 0 heterocycles. The molecule has 2 rings (SSSR count). The van der Waals surface area contributed by atoms with Crippen molar-refractivity contribution in [3.05, 3.63) is 69.2 Å². The van der Waals surface area contributed by atoms with Crippen LogP contribution < -0.4 is 10.3 Å². The maximum absolute atomic E-state index is 12.3. The quantitative estimate of drug-likeness (QED) is 0.465. The molecule has 2 aromatic rings. The van der Waals surface area contributed by atoms with Crippen LogP contribution in [0.4, 0.5) is 11.4 Å². The number of hydrogen-bond donors (Lipinski definition) is 1. The topological polar surface area (TPSA) is 105 Å². The van der Waals surface area contributed by atoms with Crippen LogP contribution in [0.3, 0.4) is 0 Å². The first kappa shape index (κ1) is 20.1. The molecule has 0 atom stereocenters. The van der Waals surface area contributed by atoms with Gasteiger partial charge in [-0.2, -0.15) is 5.10 Å². The Balaban J connectivity index is 1.98. The zero-order chi connectivity index (χ0) is 20.0. The predicted octanol–water partition coefficient (Wildman–Crippen LogP) is 3.41. The number of nitro benzene ring substituents is 1. The Hall–Kier alpha value is -3.26. The first-order valence-electron chi connectivity index (χ1n) is 7.88. The van der Waals surface area contributed by atoms with Gasteiger partial charge in [-0.3, -0.25) is 19.7 Å². The molecule has 8 nitrogen and oxygen atoms in total. The highest BCUT2D eigenvalue weighted by atomic mass is 35.5. The highest BCUT2D eigenvalue weighted by molar-refractivity contribution is 6.33. The lowest BCUT2D eigenvalue weighted by Crippen LogP contribution is -2.28. The van der Waals surface area contributed by atoms with Crippen LogP contribution >= 0.6 is 11.6 Å². The lowest BCUT2D eigenvalue weighted by Gasteiger charge is -2.17. The monoisotopic (exact) mass is 388 g/mol. The first-order chi connectivity index (χ1) is 12.8. The molecular formula is C18H17ClN4O4. The van der Waals surface area contributed by atoms with Gasteiger partial charge < -0.3 is 4.90 Å². The van der Waals surface area contributed by atoms with Crippen molar-refractivity contribution < 1.29 is 14.5 Å². The van der Waals surface area contributed by atoms with E-state index < -0.39 is 10.8 Å². The molecule has 0 aromatic heterocycles. The number of amides is 2. The van der Waals surface area contributed by atoms with E-state index in [0.29, 0.717) is 5.71 Å². The van der Waals surface area contributed by atoms with Crippen molar-refractivity contribution in [2.24, 2.45) is 5.10 Å². The predicted molar refractivity (Wildman–Crippen MR) is 103 cm³/mol. The van der Waals surface area contributed by atoms with E-state index in [1.165, 1.54) is 17.0 Å². The molecule has 0 saturated carbocycles. The van der Waals surface area contributed by atoms with Gasteiger partial charge in [0.2, 0.25) is 5.91 Å². The normalized spacial score (nSPS) is 11.0. The minimum atomic E-state index is -0.638. The smallest absolute Gasteiger partial charge is 0.287 e. The number of carbonyl (C=O) groups excluding carboxylic acids is 2. The van der Waals surface area contributed by atoms with E-state index in [0.717, 1.165) is 11.8 Å². The number of carbonyl (C=O) groups is 2. The fourth-order valence-corrected chi connectivity index (χ4v) is 2.43. The average Bonchev–Trinajstić information content (AvgIpc) is 2.65. The zero-order valence-electron chi connectivity index (χ0n) is 14.7. The van der Waals surface area contributed by atoms with Crippen LogP contribution in [0.5, 0.6) is 0 Å². The molecule has 9 heteroatoms. The Bertz CT molecular complexity index is 899. The van der Waals surface area contributed by atoms with Crippen molar-refractivity contribution in [1.82, 2.24) is 5.43 Å². The van der Waals surface area contributed by atoms with Crippen LogP contribution in [0.2, 0.25) is 5.02 Å². The van der Waals surface area contributed by atoms with Crippen LogP contribution in [-0.2, 0) is 4.79 Å². The minimum Gasteiger partial charge on any atom is -0.315 e. The molecule has 0 aliphatic heterocycles. The maximum atomic E-state index is 12.3. The van der Waals surface area contributed by atoms with Gasteiger partial charge in [-0.25, -0.2) is 5.43 Å². The molecular weight excluding hydrogens is 372 g/mol. The molecule has 2 aromatic carbocycles. The van der Waals surface area contributed by atoms with Gasteiger partial charge in [0, 0.05) is 30.1 Å². The largest absolute Gasteiger partial charge is 0.315 e. The molecule has 0 aliphatic carbocycles. The number of hydrogen-bond acceptors (Lipinski definition) is 5. The number of halogens is 1. The summed E-state index contributed by atoms with van der Waals surface area (Å²) < 4.78 is 0. The van der Waals surface area contributed by atoms with E-state index in [2.05, 4.69) is 10.5 Å². The summed E-state index contributed by atoms with van der Waals surface area (Å²) in [5.74, 6) is -0.773. The van der Waals surface area contributed by atoms with E-state index in [9.17, 15) is 19.7 Å². The highest BCUT2D eigenvalue weighted by Crippen LogP contribution is 2.24. The van der Waals surface area contributed by atoms with E-state index in [4.69, 9.17) is 11.6 Å². The summed E-state index contributed by atoms with van der Waals surface area (Å²) in [6, 6.07) is 12.7. The van der Waals surface area contributed by atoms with Gasteiger partial charge in [0.1, 0.15) is 5.02 Å². The number of nitrogens with zero attached hydrogens (tertiary/aromatic N) is 3. The van der Waals surface area contributed by atoms with Crippen LogP contribution in [0, 0.1) is 10.1 Å². The number of benzene rings is 2. The molecule has 0 bridgehead atoms. The van der Waals surface area contributed by atoms with Gasteiger partial charge >= 0.3 is 0 Å². The summed E-state index contributed by atoms with van der Waals surface area (Å²) >= 11 is 5.79. The number of rotatable bonds is 6. The van der Waals surface area contributed by atoms with Gasteiger partial charge in [-0.1, -0.05) is 29.8 Å². The fraction of sp³-hybridized carbons (Fsp3) is 0.167. The van der Waals surface area contributed by atoms with Crippen LogP contribution in [0.1, 0.15) is 23.7 Å². The summed E-state index contributed by atoms with van der Waals surface area (Å²) in [5, 5.41) is 14.5. The third kappa shape index (κ3) is 5.35. The van der Waals surface area contributed by atoms with Crippen LogP contribution in [0.25, 0.3) is 0 Å². The lowest BCUT2D eigenvalue weighted by atomic mass is 10.2. The van der Waals surface area contributed by atoms with Gasteiger partial charge in [-0.05, 0) is 31.2 Å². The third-order valence-electron chi connectivity index (χ3n) is 3.68. The number of nitro groups is 1. The lowest BCUT2D eigenvalue weighted by molar-refractivity contribution is -0.384. The number of hydrazone groups is 1. The van der Waals surface area contributed by atoms with Crippen molar-refractivity contribution in [3.63, 3.8) is 0 Å². The SMILES string of the molecule is CC(CC(=O)N(C)c1ccccc1)=NNC(=O)c1ccc([N+](=O)[O-])c(Cl)c1. The van der Waals surface area contributed by atoms with Crippen molar-refractivity contribution in [2.75, 3.05) is 11.9 Å². The van der Waals surface area contributed by atoms with Crippen molar-refractivity contribution >= 4 is 40.5 Å². The fourth-order valence-electron chi connectivity index (χ4n) is 2.18. The molecule has 27 heavy (non-hydrogen) atoms. The summed E-state index contributed by atoms with van der Waals surface area (Å²) in [6.45, 7) is 1.61. The van der Waals surface area contributed by atoms with E-state index in [-0.39, 0.29) is 28.6 Å². The second-order valence-electron chi connectivity index (χ2n) is 5.68. The Morgan fingerprint density at radius 2 is 1.89 bits per heavy atom. The van der Waals surface area contributed by atoms with E-state index in [1.807, 2.05) is 30.3 Å². The average molecular weight is 389 g/mol. The third-order valence-corrected chi connectivity index (χ3v) is 3.98. The van der Waals surface area contributed by atoms with Crippen LogP contribution in [0.15, 0.2) is 53.6 Å². The van der Waals surface area contributed by atoms with Gasteiger partial charge in [0.15, 0.2) is 0 Å². The van der Waals surface area contributed by atoms with E-state index in [1.54, 1.807) is 14.0 Å². The Morgan fingerprint density at radius 3 is 2.48 bits per heavy atom. The Labute approximate surface area is 160 Å². The molecule has 0 saturated heterocycles. The summed E-state index contributed by atoms with van der Waals surface area (Å²) in [5.41, 5.74) is 3.30. The molecule has 0 spiro atoms. The molecule has 140 valence electrons. The van der Waals surface area contributed by atoms with Gasteiger partial charge in [-0.15, -0.1) is 0 Å². The van der Waals surface area contributed by atoms with Crippen molar-refractivity contribution in [1.29, 1.82) is 0 Å². The maximum Gasteiger partial charge on any atom is 0.287 e. The second kappa shape index (κ2) is 8.91. The Kier molecular flexibility index (Phi) is 6.62. The molecule has 0 radical (unpaired) electrons. The van der Waals surface area contributed by atoms with Crippen molar-refractivity contribution in [3.8, 4) is 0 Å². The van der Waals surface area contributed by atoms with Gasteiger partial charge in [0.05, 0.1) is 11.3 Å². The number of nitrogens with one attached hydrogen (secondary N) is 1.